The van der Waals surface area contributed by atoms with Crippen molar-refractivity contribution in [3.63, 3.8) is 0 Å². The van der Waals surface area contributed by atoms with Crippen molar-refractivity contribution >= 4 is 11.9 Å². The van der Waals surface area contributed by atoms with Crippen molar-refractivity contribution in [2.75, 3.05) is 6.54 Å². The highest BCUT2D eigenvalue weighted by Crippen LogP contribution is 2.25. The van der Waals surface area contributed by atoms with Gasteiger partial charge in [-0.05, 0) is 47.5 Å². The Morgan fingerprint density at radius 1 is 1.22 bits per heavy atom. The van der Waals surface area contributed by atoms with Gasteiger partial charge in [-0.2, -0.15) is 0 Å². The second-order valence-electron chi connectivity index (χ2n) is 5.28. The van der Waals surface area contributed by atoms with Crippen molar-refractivity contribution in [1.29, 1.82) is 0 Å². The number of carbonyl (C=O) groups is 2. The number of hydrogen-bond donors (Lipinski definition) is 2. The van der Waals surface area contributed by atoms with Crippen LogP contribution in [0.15, 0.2) is 30.6 Å². The van der Waals surface area contributed by atoms with E-state index in [0.29, 0.717) is 18.4 Å². The smallest absolute Gasteiger partial charge is 0.311 e. The lowest BCUT2D eigenvalue weighted by Crippen LogP contribution is -2.42. The molecule has 1 aromatic carbocycles. The standard InChI is InChI=1S/C15H19N5O3/c1-3-15(4-2,14(22)23)9-16-13(21)11-5-7-12(8-6-11)20-10-17-18-19-20/h5-8,10H,3-4,9H2,1-2H3,(H,16,21)(H,22,23). The van der Waals surface area contributed by atoms with E-state index in [-0.39, 0.29) is 12.5 Å². The molecular formula is C15H19N5O3. The van der Waals surface area contributed by atoms with E-state index < -0.39 is 11.4 Å². The SMILES string of the molecule is CCC(CC)(CNC(=O)c1ccc(-n2cnnn2)cc1)C(=O)O. The first-order valence-electron chi connectivity index (χ1n) is 7.37. The zero-order valence-corrected chi connectivity index (χ0v) is 13.1. The van der Waals surface area contributed by atoms with E-state index in [2.05, 4.69) is 20.8 Å². The highest BCUT2D eigenvalue weighted by atomic mass is 16.4. The summed E-state index contributed by atoms with van der Waals surface area (Å²) < 4.78 is 1.48. The number of aromatic nitrogens is 4. The Morgan fingerprint density at radius 2 is 1.87 bits per heavy atom. The predicted octanol–water partition coefficient (Wildman–Crippen LogP) is 1.28. The fraction of sp³-hybridized carbons (Fsp3) is 0.400. The normalized spacial score (nSPS) is 11.2. The van der Waals surface area contributed by atoms with Gasteiger partial charge in [-0.3, -0.25) is 9.59 Å². The average Bonchev–Trinajstić information content (AvgIpc) is 3.10. The van der Waals surface area contributed by atoms with Gasteiger partial charge in [0.2, 0.25) is 0 Å². The zero-order chi connectivity index (χ0) is 16.9. The van der Waals surface area contributed by atoms with Gasteiger partial charge in [-0.15, -0.1) is 5.10 Å². The third kappa shape index (κ3) is 3.53. The number of amides is 1. The fourth-order valence-corrected chi connectivity index (χ4v) is 2.27. The lowest BCUT2D eigenvalue weighted by Gasteiger charge is -2.26. The summed E-state index contributed by atoms with van der Waals surface area (Å²) in [4.78, 5) is 23.6. The molecule has 0 radical (unpaired) electrons. The fourth-order valence-electron chi connectivity index (χ4n) is 2.27. The quantitative estimate of drug-likeness (QED) is 0.796. The zero-order valence-electron chi connectivity index (χ0n) is 13.1. The van der Waals surface area contributed by atoms with E-state index >= 15 is 0 Å². The van der Waals surface area contributed by atoms with E-state index in [1.54, 1.807) is 24.3 Å². The number of carboxylic acids is 1. The van der Waals surface area contributed by atoms with Crippen LogP contribution in [0, 0.1) is 5.41 Å². The molecule has 0 bridgehead atoms. The molecule has 8 heteroatoms. The van der Waals surface area contributed by atoms with Crippen LogP contribution in [-0.2, 0) is 4.79 Å². The lowest BCUT2D eigenvalue weighted by atomic mass is 9.82. The first-order valence-corrected chi connectivity index (χ1v) is 7.37. The Hall–Kier alpha value is -2.77. The second-order valence-corrected chi connectivity index (χ2v) is 5.28. The van der Waals surface area contributed by atoms with Gasteiger partial charge in [-0.25, -0.2) is 4.68 Å². The number of hydrogen-bond acceptors (Lipinski definition) is 5. The maximum atomic E-state index is 12.2. The molecule has 1 amide bonds. The molecule has 122 valence electrons. The summed E-state index contributed by atoms with van der Waals surface area (Å²) in [5.74, 6) is -1.20. The van der Waals surface area contributed by atoms with Gasteiger partial charge in [0.05, 0.1) is 11.1 Å². The molecule has 0 saturated carbocycles. The van der Waals surface area contributed by atoms with Crippen molar-refractivity contribution in [3.05, 3.63) is 36.2 Å². The summed E-state index contributed by atoms with van der Waals surface area (Å²) in [5, 5.41) is 22.9. The second kappa shape index (κ2) is 6.99. The molecule has 0 saturated heterocycles. The number of benzene rings is 1. The van der Waals surface area contributed by atoms with Crippen LogP contribution in [0.5, 0.6) is 0 Å². The summed E-state index contributed by atoms with van der Waals surface area (Å²) in [6.07, 6.45) is 2.37. The van der Waals surface area contributed by atoms with E-state index in [4.69, 9.17) is 0 Å². The molecule has 0 spiro atoms. The van der Waals surface area contributed by atoms with E-state index in [1.807, 2.05) is 13.8 Å². The van der Waals surface area contributed by atoms with Gasteiger partial charge in [-0.1, -0.05) is 13.8 Å². The van der Waals surface area contributed by atoms with Crippen LogP contribution in [-0.4, -0.2) is 43.7 Å². The van der Waals surface area contributed by atoms with Gasteiger partial charge in [0.25, 0.3) is 5.91 Å². The molecule has 1 heterocycles. The van der Waals surface area contributed by atoms with Crippen molar-refractivity contribution < 1.29 is 14.7 Å². The summed E-state index contributed by atoms with van der Waals surface area (Å²) in [5.41, 5.74) is 0.254. The Balaban J connectivity index is 2.05. The molecule has 2 aromatic rings. The van der Waals surface area contributed by atoms with Crippen molar-refractivity contribution in [1.82, 2.24) is 25.5 Å². The Labute approximate surface area is 133 Å². The maximum absolute atomic E-state index is 12.2. The van der Waals surface area contributed by atoms with Gasteiger partial charge in [0.15, 0.2) is 0 Å². The first kappa shape index (κ1) is 16.6. The summed E-state index contributed by atoms with van der Waals surface area (Å²) in [6, 6.07) is 6.73. The van der Waals surface area contributed by atoms with Gasteiger partial charge in [0, 0.05) is 12.1 Å². The number of tetrazole rings is 1. The molecule has 0 fully saturated rings. The van der Waals surface area contributed by atoms with E-state index in [1.165, 1.54) is 11.0 Å². The molecule has 8 nitrogen and oxygen atoms in total. The van der Waals surface area contributed by atoms with Gasteiger partial charge >= 0.3 is 5.97 Å². The largest absolute Gasteiger partial charge is 0.481 e. The predicted molar refractivity (Wildman–Crippen MR) is 82.1 cm³/mol. The minimum atomic E-state index is -0.929. The minimum Gasteiger partial charge on any atom is -0.481 e. The summed E-state index contributed by atoms with van der Waals surface area (Å²) in [7, 11) is 0. The van der Waals surface area contributed by atoms with Crippen LogP contribution in [0.2, 0.25) is 0 Å². The Bertz CT molecular complexity index is 663. The molecule has 2 rings (SSSR count). The van der Waals surface area contributed by atoms with Gasteiger partial charge in [0.1, 0.15) is 6.33 Å². The molecular weight excluding hydrogens is 298 g/mol. The van der Waals surface area contributed by atoms with Crippen LogP contribution < -0.4 is 5.32 Å². The number of carbonyl (C=O) groups excluding carboxylic acids is 1. The molecule has 1 aromatic heterocycles. The first-order chi connectivity index (χ1) is 11.0. The van der Waals surface area contributed by atoms with Crippen LogP contribution in [0.4, 0.5) is 0 Å². The lowest BCUT2D eigenvalue weighted by molar-refractivity contribution is -0.149. The molecule has 0 unspecified atom stereocenters. The summed E-state index contributed by atoms with van der Waals surface area (Å²) >= 11 is 0. The average molecular weight is 317 g/mol. The highest BCUT2D eigenvalue weighted by molar-refractivity contribution is 5.94. The molecule has 0 aliphatic heterocycles. The third-order valence-electron chi connectivity index (χ3n) is 4.14. The van der Waals surface area contributed by atoms with Crippen LogP contribution >= 0.6 is 0 Å². The minimum absolute atomic E-state index is 0.100. The van der Waals surface area contributed by atoms with Crippen LogP contribution in [0.1, 0.15) is 37.0 Å². The van der Waals surface area contributed by atoms with Crippen LogP contribution in [0.25, 0.3) is 5.69 Å². The molecule has 0 aliphatic rings. The number of nitrogens with one attached hydrogen (secondary N) is 1. The summed E-state index contributed by atoms with van der Waals surface area (Å²) in [6.45, 7) is 3.72. The number of carboxylic acid groups (broad SMARTS) is 1. The number of rotatable bonds is 7. The van der Waals surface area contributed by atoms with Crippen LogP contribution in [0.3, 0.4) is 0 Å². The molecule has 23 heavy (non-hydrogen) atoms. The molecule has 2 N–H and O–H groups in total. The Kier molecular flexibility index (Phi) is 5.05. The van der Waals surface area contributed by atoms with E-state index in [9.17, 15) is 14.7 Å². The monoisotopic (exact) mass is 317 g/mol. The van der Waals surface area contributed by atoms with Crippen molar-refractivity contribution in [3.8, 4) is 5.69 Å². The number of nitrogens with zero attached hydrogens (tertiary/aromatic N) is 4. The van der Waals surface area contributed by atoms with Gasteiger partial charge < -0.3 is 10.4 Å². The molecule has 0 atom stereocenters. The Morgan fingerprint density at radius 3 is 2.35 bits per heavy atom. The van der Waals surface area contributed by atoms with Crippen molar-refractivity contribution in [2.24, 2.45) is 5.41 Å². The number of aliphatic carboxylic acids is 1. The highest BCUT2D eigenvalue weighted by Gasteiger charge is 2.35. The maximum Gasteiger partial charge on any atom is 0.311 e. The molecule has 0 aliphatic carbocycles. The third-order valence-corrected chi connectivity index (χ3v) is 4.14. The topological polar surface area (TPSA) is 110 Å². The van der Waals surface area contributed by atoms with E-state index in [0.717, 1.165) is 5.69 Å². The van der Waals surface area contributed by atoms with Crippen molar-refractivity contribution in [2.45, 2.75) is 26.7 Å².